The van der Waals surface area contributed by atoms with Crippen LogP contribution in [0.1, 0.15) is 66.0 Å². The van der Waals surface area contributed by atoms with Crippen LogP contribution < -0.4 is 26.4 Å². The number of nitrogens with one attached hydrogen (secondary N) is 3. The van der Waals surface area contributed by atoms with Crippen LogP contribution in [0.5, 0.6) is 5.75 Å². The Morgan fingerprint density at radius 3 is 2.46 bits per heavy atom. The zero-order valence-electron chi connectivity index (χ0n) is 26.2. The number of anilines is 1. The van der Waals surface area contributed by atoms with E-state index >= 15 is 0 Å². The van der Waals surface area contributed by atoms with E-state index in [1.165, 1.54) is 0 Å². The van der Waals surface area contributed by atoms with Crippen LogP contribution in [0.2, 0.25) is 5.02 Å². The zero-order chi connectivity index (χ0) is 32.8. The van der Waals surface area contributed by atoms with Crippen LogP contribution in [0.25, 0.3) is 0 Å². The minimum Gasteiger partial charge on any atom is -0.492 e. The first-order valence-electron chi connectivity index (χ1n) is 15.2. The van der Waals surface area contributed by atoms with E-state index in [1.807, 2.05) is 63.4 Å². The van der Waals surface area contributed by atoms with E-state index in [0.29, 0.717) is 42.5 Å². The van der Waals surface area contributed by atoms with E-state index in [9.17, 15) is 14.4 Å². The molecule has 0 fully saturated rings. The molecule has 0 spiro atoms. The van der Waals surface area contributed by atoms with E-state index in [4.69, 9.17) is 22.1 Å². The van der Waals surface area contributed by atoms with Crippen molar-refractivity contribution in [2.75, 3.05) is 11.9 Å². The lowest BCUT2D eigenvalue weighted by atomic mass is 9.95. The molecule has 3 aromatic carbocycles. The number of hydrogen-bond donors (Lipinski definition) is 4. The number of halogens is 1. The summed E-state index contributed by atoms with van der Waals surface area (Å²) in [5.41, 5.74) is 10.0. The lowest BCUT2D eigenvalue weighted by molar-refractivity contribution is -0.123. The highest BCUT2D eigenvalue weighted by atomic mass is 35.5. The van der Waals surface area contributed by atoms with Gasteiger partial charge in [0.2, 0.25) is 11.8 Å². The largest absolute Gasteiger partial charge is 0.492 e. The molecule has 0 saturated carbocycles. The number of ether oxygens (including phenoxy) is 1. The Labute approximate surface area is 273 Å². The normalized spacial score (nSPS) is 14.9. The van der Waals surface area contributed by atoms with Crippen molar-refractivity contribution in [3.8, 4) is 5.75 Å². The number of primary amides is 1. The first-order valence-corrected chi connectivity index (χ1v) is 15.6. The summed E-state index contributed by atoms with van der Waals surface area (Å²) in [6, 6.07) is 19.3. The summed E-state index contributed by atoms with van der Waals surface area (Å²) < 4.78 is 8.07. The maximum atomic E-state index is 13.4. The molecule has 2 heterocycles. The molecule has 2 atom stereocenters. The van der Waals surface area contributed by atoms with E-state index in [2.05, 4.69) is 25.5 Å². The second-order valence-corrected chi connectivity index (χ2v) is 12.9. The number of rotatable bonds is 11. The molecule has 4 aromatic rings. The Morgan fingerprint density at radius 2 is 1.76 bits per heavy atom. The third-order valence-electron chi connectivity index (χ3n) is 7.89. The lowest BCUT2D eigenvalue weighted by Gasteiger charge is -2.28. The summed E-state index contributed by atoms with van der Waals surface area (Å²) in [5.74, 6) is -0.606. The van der Waals surface area contributed by atoms with Crippen LogP contribution >= 0.6 is 11.6 Å². The number of aromatic nitrogens is 2. The second-order valence-electron chi connectivity index (χ2n) is 12.5. The number of fused-ring (bicyclic) bond motifs is 1. The van der Waals surface area contributed by atoms with Gasteiger partial charge in [-0.2, -0.15) is 0 Å². The third kappa shape index (κ3) is 8.13. The molecular formula is C35H39ClN6O4. The van der Waals surface area contributed by atoms with Gasteiger partial charge in [0.05, 0.1) is 24.2 Å². The van der Waals surface area contributed by atoms with Crippen LogP contribution in [0.15, 0.2) is 79.3 Å². The van der Waals surface area contributed by atoms with Gasteiger partial charge in [-0.05, 0) is 41.5 Å². The van der Waals surface area contributed by atoms with Crippen molar-refractivity contribution in [3.63, 3.8) is 0 Å². The van der Waals surface area contributed by atoms with Gasteiger partial charge in [-0.1, -0.05) is 68.8 Å². The molecule has 0 radical (unpaired) electrons. The maximum Gasteiger partial charge on any atom is 0.255 e. The number of amides is 3. The van der Waals surface area contributed by atoms with Crippen molar-refractivity contribution < 1.29 is 19.1 Å². The van der Waals surface area contributed by atoms with Crippen molar-refractivity contribution in [1.82, 2.24) is 20.2 Å². The van der Waals surface area contributed by atoms with Gasteiger partial charge < -0.3 is 31.0 Å². The lowest BCUT2D eigenvalue weighted by Crippen LogP contribution is -2.46. The summed E-state index contributed by atoms with van der Waals surface area (Å²) in [6.45, 7) is 7.24. The van der Waals surface area contributed by atoms with Gasteiger partial charge in [-0.25, -0.2) is 4.98 Å². The molecule has 3 amide bonds. The fraction of sp³-hybridized carbons (Fsp3) is 0.314. The molecule has 0 bridgehead atoms. The molecule has 10 nitrogen and oxygen atoms in total. The van der Waals surface area contributed by atoms with E-state index in [1.54, 1.807) is 36.7 Å². The van der Waals surface area contributed by atoms with Gasteiger partial charge in [-0.15, -0.1) is 0 Å². The number of imidazole rings is 1. The maximum absolute atomic E-state index is 13.4. The molecular weight excluding hydrogens is 604 g/mol. The van der Waals surface area contributed by atoms with Crippen molar-refractivity contribution in [1.29, 1.82) is 0 Å². The van der Waals surface area contributed by atoms with Crippen molar-refractivity contribution >= 4 is 35.0 Å². The Hall–Kier alpha value is -4.67. The number of hydrogen-bond acceptors (Lipinski definition) is 6. The number of carbonyl (C=O) groups excluding carboxylic acids is 3. The highest BCUT2D eigenvalue weighted by molar-refractivity contribution is 6.30. The molecule has 5 rings (SSSR count). The van der Waals surface area contributed by atoms with Gasteiger partial charge in [-0.3, -0.25) is 14.4 Å². The summed E-state index contributed by atoms with van der Waals surface area (Å²) >= 11 is 5.98. The third-order valence-corrected chi connectivity index (χ3v) is 8.15. The Kier molecular flexibility index (Phi) is 10.1. The number of para-hydroxylation sites is 1. The standard InChI is InChI=1S/C35H39ClN6O4/c1-35(2,3)34(45)40-25-13-9-23(10-14-25)20-42-21-38-18-26(42)19-39-29-15-16-46-31-27(29)5-4-6-28(31)33(44)41-30(32(37)43)17-22-7-11-24(36)12-8-22/h4-14,18,21,29-30,39H,15-17,19-20H2,1-3H3,(H2,37,43)(H,40,45)(H,41,44)/t29?,30-/m0/s1. The molecule has 1 aliphatic rings. The molecule has 1 unspecified atom stereocenters. The molecule has 1 aliphatic heterocycles. The fourth-order valence-electron chi connectivity index (χ4n) is 5.20. The molecule has 46 heavy (non-hydrogen) atoms. The number of benzene rings is 3. The van der Waals surface area contributed by atoms with Gasteiger partial charge >= 0.3 is 0 Å². The van der Waals surface area contributed by atoms with Gasteiger partial charge in [0.1, 0.15) is 11.8 Å². The topological polar surface area (TPSA) is 140 Å². The van der Waals surface area contributed by atoms with Crippen LogP contribution in [0, 0.1) is 5.41 Å². The van der Waals surface area contributed by atoms with Gasteiger partial charge in [0, 0.05) is 59.9 Å². The highest BCUT2D eigenvalue weighted by Gasteiger charge is 2.28. The van der Waals surface area contributed by atoms with E-state index < -0.39 is 23.3 Å². The average Bonchev–Trinajstić information content (AvgIpc) is 3.47. The van der Waals surface area contributed by atoms with Crippen molar-refractivity contribution in [3.05, 3.63) is 112 Å². The molecule has 0 aliphatic carbocycles. The SMILES string of the molecule is CC(C)(C)C(=O)Nc1ccc(Cn2cncc2CNC2CCOc3c(C(=O)N[C@@H](Cc4ccc(Cl)cc4)C(N)=O)cccc32)cc1. The van der Waals surface area contributed by atoms with Crippen LogP contribution in [0.4, 0.5) is 5.69 Å². The van der Waals surface area contributed by atoms with E-state index in [0.717, 1.165) is 28.1 Å². The minimum atomic E-state index is -0.902. The Bertz CT molecular complexity index is 1700. The number of nitrogens with two attached hydrogens (primary N) is 1. The average molecular weight is 643 g/mol. The second kappa shape index (κ2) is 14.2. The smallest absolute Gasteiger partial charge is 0.255 e. The molecule has 11 heteroatoms. The van der Waals surface area contributed by atoms with Crippen molar-refractivity contribution in [2.24, 2.45) is 11.1 Å². The first kappa shape index (κ1) is 32.7. The number of nitrogens with zero attached hydrogens (tertiary/aromatic N) is 2. The summed E-state index contributed by atoms with van der Waals surface area (Å²) in [6.07, 6.45) is 4.59. The number of carbonyl (C=O) groups is 3. The predicted molar refractivity (Wildman–Crippen MR) is 178 cm³/mol. The Balaban J connectivity index is 1.23. The quantitative estimate of drug-likeness (QED) is 0.181. The monoisotopic (exact) mass is 642 g/mol. The summed E-state index contributed by atoms with van der Waals surface area (Å²) in [4.78, 5) is 42.3. The first-order chi connectivity index (χ1) is 22.0. The Morgan fingerprint density at radius 1 is 1.04 bits per heavy atom. The van der Waals surface area contributed by atoms with Crippen LogP contribution in [-0.4, -0.2) is 39.9 Å². The minimum absolute atomic E-state index is 0.0327. The zero-order valence-corrected chi connectivity index (χ0v) is 26.9. The highest BCUT2D eigenvalue weighted by Crippen LogP contribution is 2.35. The van der Waals surface area contributed by atoms with Gasteiger partial charge in [0.15, 0.2) is 0 Å². The van der Waals surface area contributed by atoms with Crippen molar-refractivity contribution in [2.45, 2.75) is 58.8 Å². The molecule has 5 N–H and O–H groups in total. The van der Waals surface area contributed by atoms with E-state index in [-0.39, 0.29) is 18.4 Å². The fourth-order valence-corrected chi connectivity index (χ4v) is 5.33. The van der Waals surface area contributed by atoms with Gasteiger partial charge in [0.25, 0.3) is 5.91 Å². The predicted octanol–water partition coefficient (Wildman–Crippen LogP) is 5.01. The molecule has 0 saturated heterocycles. The summed E-state index contributed by atoms with van der Waals surface area (Å²) in [7, 11) is 0. The molecule has 240 valence electrons. The molecule has 1 aromatic heterocycles. The van der Waals surface area contributed by atoms with Crippen LogP contribution in [0.3, 0.4) is 0 Å². The summed E-state index contributed by atoms with van der Waals surface area (Å²) in [5, 5.41) is 9.93. The van der Waals surface area contributed by atoms with Crippen LogP contribution in [-0.2, 0) is 29.1 Å².